The van der Waals surface area contributed by atoms with Crippen molar-refractivity contribution in [2.45, 2.75) is 63.6 Å². The van der Waals surface area contributed by atoms with E-state index in [9.17, 15) is 0 Å². The third kappa shape index (κ3) is 3.09. The molecule has 0 aromatic carbocycles. The van der Waals surface area contributed by atoms with Gasteiger partial charge in [0.25, 0.3) is 0 Å². The summed E-state index contributed by atoms with van der Waals surface area (Å²) in [6.45, 7) is 1.57. The standard InChI is InChI=1S/C13H21N3O2/c1-2-5-10(4-1)14-9-13-15-12(16-18-13)8-11-6-3-7-17-11/h10-11,14H,1-9H2. The molecule has 18 heavy (non-hydrogen) atoms. The number of ether oxygens (including phenoxy) is 1. The number of aromatic nitrogens is 2. The van der Waals surface area contributed by atoms with Gasteiger partial charge in [0.05, 0.1) is 12.6 Å². The molecule has 0 spiro atoms. The van der Waals surface area contributed by atoms with Crippen molar-refractivity contribution in [1.82, 2.24) is 15.5 Å². The van der Waals surface area contributed by atoms with Crippen LogP contribution in [0.3, 0.4) is 0 Å². The van der Waals surface area contributed by atoms with E-state index in [0.717, 1.165) is 31.7 Å². The zero-order valence-electron chi connectivity index (χ0n) is 10.7. The smallest absolute Gasteiger partial charge is 0.240 e. The molecule has 1 saturated heterocycles. The van der Waals surface area contributed by atoms with Crippen LogP contribution in [0.2, 0.25) is 0 Å². The summed E-state index contributed by atoms with van der Waals surface area (Å²) < 4.78 is 10.8. The Kier molecular flexibility index (Phi) is 3.90. The largest absolute Gasteiger partial charge is 0.378 e. The molecule has 1 aliphatic heterocycles. The summed E-state index contributed by atoms with van der Waals surface area (Å²) in [6.07, 6.45) is 8.57. The third-order valence-electron chi connectivity index (χ3n) is 3.84. The van der Waals surface area contributed by atoms with E-state index in [-0.39, 0.29) is 0 Å². The maximum absolute atomic E-state index is 5.57. The molecule has 3 rings (SSSR count). The molecule has 2 heterocycles. The Morgan fingerprint density at radius 2 is 2.06 bits per heavy atom. The quantitative estimate of drug-likeness (QED) is 0.865. The van der Waals surface area contributed by atoms with Gasteiger partial charge >= 0.3 is 0 Å². The summed E-state index contributed by atoms with van der Waals surface area (Å²) in [5.41, 5.74) is 0. The fourth-order valence-corrected chi connectivity index (χ4v) is 2.82. The average molecular weight is 251 g/mol. The van der Waals surface area contributed by atoms with Gasteiger partial charge in [-0.2, -0.15) is 4.98 Å². The lowest BCUT2D eigenvalue weighted by atomic mass is 10.2. The molecule has 0 amide bonds. The van der Waals surface area contributed by atoms with Crippen molar-refractivity contribution >= 4 is 0 Å². The highest BCUT2D eigenvalue weighted by atomic mass is 16.5. The predicted molar refractivity (Wildman–Crippen MR) is 66.1 cm³/mol. The molecule has 1 N–H and O–H groups in total. The minimum absolute atomic E-state index is 0.290. The molecule has 0 radical (unpaired) electrons. The second-order valence-electron chi connectivity index (χ2n) is 5.31. The van der Waals surface area contributed by atoms with Crippen LogP contribution in [-0.4, -0.2) is 28.9 Å². The van der Waals surface area contributed by atoms with E-state index < -0.39 is 0 Å². The third-order valence-corrected chi connectivity index (χ3v) is 3.84. The topological polar surface area (TPSA) is 60.2 Å². The normalized spacial score (nSPS) is 25.0. The van der Waals surface area contributed by atoms with Crippen LogP contribution in [0, 0.1) is 0 Å². The molecule has 100 valence electrons. The van der Waals surface area contributed by atoms with E-state index >= 15 is 0 Å². The van der Waals surface area contributed by atoms with E-state index in [1.807, 2.05) is 0 Å². The summed E-state index contributed by atoms with van der Waals surface area (Å²) >= 11 is 0. The van der Waals surface area contributed by atoms with E-state index in [1.165, 1.54) is 25.7 Å². The molecule has 0 bridgehead atoms. The van der Waals surface area contributed by atoms with Crippen LogP contribution < -0.4 is 5.32 Å². The molecular formula is C13H21N3O2. The van der Waals surface area contributed by atoms with Crippen LogP contribution in [0.25, 0.3) is 0 Å². The van der Waals surface area contributed by atoms with Crippen molar-refractivity contribution in [1.29, 1.82) is 0 Å². The Labute approximate surface area is 107 Å². The van der Waals surface area contributed by atoms with Gasteiger partial charge in [-0.3, -0.25) is 0 Å². The molecular weight excluding hydrogens is 230 g/mol. The molecule has 2 aliphatic rings. The van der Waals surface area contributed by atoms with Crippen molar-refractivity contribution in [2.75, 3.05) is 6.61 Å². The van der Waals surface area contributed by atoms with Gasteiger partial charge in [-0.25, -0.2) is 0 Å². The fraction of sp³-hybridized carbons (Fsp3) is 0.846. The lowest BCUT2D eigenvalue weighted by Gasteiger charge is -2.08. The maximum atomic E-state index is 5.57. The molecule has 5 heteroatoms. The van der Waals surface area contributed by atoms with Crippen LogP contribution in [0.5, 0.6) is 0 Å². The Hall–Kier alpha value is -0.940. The van der Waals surface area contributed by atoms with Gasteiger partial charge in [0, 0.05) is 19.1 Å². The van der Waals surface area contributed by atoms with Gasteiger partial charge in [0.1, 0.15) is 0 Å². The fourth-order valence-electron chi connectivity index (χ4n) is 2.82. The second-order valence-corrected chi connectivity index (χ2v) is 5.31. The molecule has 1 unspecified atom stereocenters. The average Bonchev–Trinajstić information content (AvgIpc) is 3.09. The summed E-state index contributed by atoms with van der Waals surface area (Å²) in [7, 11) is 0. The Bertz CT molecular complexity index is 368. The highest BCUT2D eigenvalue weighted by molar-refractivity contribution is 4.90. The van der Waals surface area contributed by atoms with Crippen molar-refractivity contribution in [3.8, 4) is 0 Å². The SMILES string of the molecule is C1CCC(NCc2nc(CC3CCCO3)no2)C1. The molecule has 1 aliphatic carbocycles. The van der Waals surface area contributed by atoms with E-state index in [0.29, 0.717) is 24.6 Å². The van der Waals surface area contributed by atoms with Crippen LogP contribution >= 0.6 is 0 Å². The summed E-state index contributed by atoms with van der Waals surface area (Å²) in [4.78, 5) is 4.41. The van der Waals surface area contributed by atoms with Gasteiger partial charge in [0.15, 0.2) is 5.82 Å². The molecule has 5 nitrogen and oxygen atoms in total. The van der Waals surface area contributed by atoms with Crippen molar-refractivity contribution in [3.63, 3.8) is 0 Å². The lowest BCUT2D eigenvalue weighted by molar-refractivity contribution is 0.109. The van der Waals surface area contributed by atoms with Crippen molar-refractivity contribution < 1.29 is 9.26 Å². The number of nitrogens with zero attached hydrogens (tertiary/aromatic N) is 2. The number of nitrogens with one attached hydrogen (secondary N) is 1. The van der Waals surface area contributed by atoms with Crippen LogP contribution in [0.15, 0.2) is 4.52 Å². The Balaban J connectivity index is 1.46. The van der Waals surface area contributed by atoms with Crippen molar-refractivity contribution in [2.24, 2.45) is 0 Å². The Morgan fingerprint density at radius 3 is 2.83 bits per heavy atom. The van der Waals surface area contributed by atoms with Crippen molar-refractivity contribution in [3.05, 3.63) is 11.7 Å². The lowest BCUT2D eigenvalue weighted by Crippen LogP contribution is -2.25. The second kappa shape index (κ2) is 5.80. The first kappa shape index (κ1) is 12.1. The van der Waals surface area contributed by atoms with Crippen LogP contribution in [0.4, 0.5) is 0 Å². The summed E-state index contributed by atoms with van der Waals surface area (Å²) in [5.74, 6) is 1.49. The van der Waals surface area contributed by atoms with Crippen LogP contribution in [-0.2, 0) is 17.7 Å². The van der Waals surface area contributed by atoms with E-state index in [1.54, 1.807) is 0 Å². The van der Waals surface area contributed by atoms with Gasteiger partial charge < -0.3 is 14.6 Å². The number of hydrogen-bond donors (Lipinski definition) is 1. The molecule has 1 aromatic heterocycles. The van der Waals surface area contributed by atoms with E-state index in [4.69, 9.17) is 9.26 Å². The summed E-state index contributed by atoms with van der Waals surface area (Å²) in [6, 6.07) is 0.638. The monoisotopic (exact) mass is 251 g/mol. The van der Waals surface area contributed by atoms with Gasteiger partial charge in [-0.05, 0) is 25.7 Å². The zero-order valence-corrected chi connectivity index (χ0v) is 10.7. The van der Waals surface area contributed by atoms with Gasteiger partial charge in [0.2, 0.25) is 5.89 Å². The molecule has 2 fully saturated rings. The number of rotatable bonds is 5. The molecule has 1 aromatic rings. The highest BCUT2D eigenvalue weighted by Gasteiger charge is 2.19. The first-order chi connectivity index (χ1) is 8.90. The minimum atomic E-state index is 0.290. The maximum Gasteiger partial charge on any atom is 0.240 e. The molecule has 1 saturated carbocycles. The Morgan fingerprint density at radius 1 is 1.17 bits per heavy atom. The first-order valence-electron chi connectivity index (χ1n) is 7.06. The minimum Gasteiger partial charge on any atom is -0.378 e. The van der Waals surface area contributed by atoms with Gasteiger partial charge in [-0.15, -0.1) is 0 Å². The predicted octanol–water partition coefficient (Wildman–Crippen LogP) is 1.82. The number of hydrogen-bond acceptors (Lipinski definition) is 5. The first-order valence-corrected chi connectivity index (χ1v) is 7.06. The molecule has 1 atom stereocenters. The highest BCUT2D eigenvalue weighted by Crippen LogP contribution is 2.18. The van der Waals surface area contributed by atoms with E-state index in [2.05, 4.69) is 15.5 Å². The zero-order chi connectivity index (χ0) is 12.2. The van der Waals surface area contributed by atoms with Crippen LogP contribution in [0.1, 0.15) is 50.2 Å². The summed E-state index contributed by atoms with van der Waals surface area (Å²) in [5, 5.41) is 7.50. The van der Waals surface area contributed by atoms with Gasteiger partial charge in [-0.1, -0.05) is 18.0 Å².